The van der Waals surface area contributed by atoms with E-state index in [4.69, 9.17) is 9.47 Å². The Bertz CT molecular complexity index is 973. The van der Waals surface area contributed by atoms with Gasteiger partial charge in [-0.05, 0) is 36.2 Å². The maximum atomic E-state index is 12.5. The number of nitro benzene ring substituents is 1. The number of non-ortho nitro benzene ring substituents is 1. The van der Waals surface area contributed by atoms with E-state index in [9.17, 15) is 19.7 Å². The highest BCUT2D eigenvalue weighted by Gasteiger charge is 2.25. The molecule has 1 aliphatic heterocycles. The molecule has 2 amide bonds. The number of benzene rings is 2. The summed E-state index contributed by atoms with van der Waals surface area (Å²) in [5.41, 5.74) is 1.73. The summed E-state index contributed by atoms with van der Waals surface area (Å²) in [6.45, 7) is 4.47. The Morgan fingerprint density at radius 1 is 1.16 bits per heavy atom. The number of nitrogens with zero attached hydrogens (tertiary/aromatic N) is 2. The molecule has 2 N–H and O–H groups in total. The van der Waals surface area contributed by atoms with Crippen molar-refractivity contribution in [2.75, 3.05) is 45.3 Å². The summed E-state index contributed by atoms with van der Waals surface area (Å²) < 4.78 is 10.6. The van der Waals surface area contributed by atoms with E-state index in [2.05, 4.69) is 15.5 Å². The fourth-order valence-electron chi connectivity index (χ4n) is 3.52. The van der Waals surface area contributed by atoms with Gasteiger partial charge in [0.1, 0.15) is 5.75 Å². The third kappa shape index (κ3) is 5.80. The molecule has 1 atom stereocenters. The average molecular weight is 442 g/mol. The number of hydrogen-bond donors (Lipinski definition) is 2. The molecule has 3 rings (SSSR count). The predicted octanol–water partition coefficient (Wildman–Crippen LogP) is 2.04. The molecule has 1 aliphatic rings. The van der Waals surface area contributed by atoms with E-state index in [1.807, 2.05) is 24.3 Å². The first-order valence-corrected chi connectivity index (χ1v) is 10.2. The van der Waals surface area contributed by atoms with E-state index < -0.39 is 16.7 Å². The third-order valence-corrected chi connectivity index (χ3v) is 5.32. The van der Waals surface area contributed by atoms with E-state index in [0.717, 1.165) is 11.3 Å². The number of amides is 2. The second-order valence-corrected chi connectivity index (χ2v) is 7.36. The normalized spacial score (nSPS) is 14.9. The van der Waals surface area contributed by atoms with E-state index in [1.54, 1.807) is 14.0 Å². The minimum absolute atomic E-state index is 0.0854. The summed E-state index contributed by atoms with van der Waals surface area (Å²) >= 11 is 0. The highest BCUT2D eigenvalue weighted by molar-refractivity contribution is 6.39. The molecule has 0 spiro atoms. The second-order valence-electron chi connectivity index (χ2n) is 7.36. The van der Waals surface area contributed by atoms with Crippen LogP contribution in [0.3, 0.4) is 0 Å². The topological polar surface area (TPSA) is 123 Å². The van der Waals surface area contributed by atoms with Crippen LogP contribution in [0.4, 0.5) is 11.4 Å². The first-order chi connectivity index (χ1) is 15.4. The smallest absolute Gasteiger partial charge is 0.313 e. The van der Waals surface area contributed by atoms with E-state index in [1.165, 1.54) is 18.2 Å². The van der Waals surface area contributed by atoms with Crippen LogP contribution in [-0.4, -0.2) is 61.6 Å². The number of carbonyl (C=O) groups is 2. The number of methoxy groups -OCH3 is 1. The van der Waals surface area contributed by atoms with Gasteiger partial charge in [0.05, 0.1) is 31.3 Å². The number of carbonyl (C=O) groups excluding carboxylic acids is 2. The van der Waals surface area contributed by atoms with Gasteiger partial charge in [0.15, 0.2) is 0 Å². The molecule has 0 aromatic heterocycles. The van der Waals surface area contributed by atoms with Crippen LogP contribution in [0.2, 0.25) is 0 Å². The van der Waals surface area contributed by atoms with Gasteiger partial charge in [0.25, 0.3) is 5.69 Å². The van der Waals surface area contributed by atoms with Crippen LogP contribution in [0, 0.1) is 17.0 Å². The van der Waals surface area contributed by atoms with Crippen molar-refractivity contribution in [2.45, 2.75) is 13.0 Å². The molecular formula is C22H26N4O6. The molecule has 1 heterocycles. The number of nitrogens with one attached hydrogen (secondary N) is 2. The lowest BCUT2D eigenvalue weighted by atomic mass is 10.0. The van der Waals surface area contributed by atoms with Gasteiger partial charge in [-0.3, -0.25) is 24.6 Å². The predicted molar refractivity (Wildman–Crippen MR) is 118 cm³/mol. The van der Waals surface area contributed by atoms with Crippen LogP contribution in [0.15, 0.2) is 42.5 Å². The Hall–Kier alpha value is -3.50. The molecular weight excluding hydrogens is 416 g/mol. The average Bonchev–Trinajstić information content (AvgIpc) is 2.81. The number of rotatable bonds is 7. The van der Waals surface area contributed by atoms with Crippen molar-refractivity contribution >= 4 is 23.2 Å². The van der Waals surface area contributed by atoms with Crippen molar-refractivity contribution in [3.8, 4) is 5.75 Å². The van der Waals surface area contributed by atoms with Gasteiger partial charge in [-0.2, -0.15) is 0 Å². The van der Waals surface area contributed by atoms with Gasteiger partial charge in [0, 0.05) is 37.5 Å². The minimum atomic E-state index is -0.836. The molecule has 32 heavy (non-hydrogen) atoms. The molecule has 10 heteroatoms. The van der Waals surface area contributed by atoms with Crippen molar-refractivity contribution in [3.05, 3.63) is 63.7 Å². The van der Waals surface area contributed by atoms with Crippen LogP contribution in [-0.2, 0) is 14.3 Å². The fourth-order valence-corrected chi connectivity index (χ4v) is 3.52. The number of aryl methyl sites for hydroxylation is 1. The number of anilines is 1. The first kappa shape index (κ1) is 23.2. The van der Waals surface area contributed by atoms with Crippen LogP contribution >= 0.6 is 0 Å². The summed E-state index contributed by atoms with van der Waals surface area (Å²) in [6.07, 6.45) is 0. The number of nitro groups is 1. The highest BCUT2D eigenvalue weighted by Crippen LogP contribution is 2.24. The first-order valence-electron chi connectivity index (χ1n) is 10.2. The maximum Gasteiger partial charge on any atom is 0.313 e. The number of hydrogen-bond acceptors (Lipinski definition) is 7. The zero-order valence-electron chi connectivity index (χ0n) is 18.0. The number of morpholine rings is 1. The van der Waals surface area contributed by atoms with Gasteiger partial charge in [-0.25, -0.2) is 0 Å². The Morgan fingerprint density at radius 3 is 2.44 bits per heavy atom. The number of ether oxygens (including phenoxy) is 2. The Morgan fingerprint density at radius 2 is 1.84 bits per heavy atom. The van der Waals surface area contributed by atoms with Crippen LogP contribution in [0.5, 0.6) is 5.75 Å². The fraction of sp³-hybridized carbons (Fsp3) is 0.364. The summed E-state index contributed by atoms with van der Waals surface area (Å²) in [5, 5.41) is 16.1. The highest BCUT2D eigenvalue weighted by atomic mass is 16.6. The maximum absolute atomic E-state index is 12.5. The molecule has 1 fully saturated rings. The molecule has 1 unspecified atom stereocenters. The molecule has 0 aliphatic carbocycles. The molecule has 10 nitrogen and oxygen atoms in total. The van der Waals surface area contributed by atoms with Gasteiger partial charge < -0.3 is 20.1 Å². The lowest BCUT2D eigenvalue weighted by molar-refractivity contribution is -0.384. The zero-order valence-corrected chi connectivity index (χ0v) is 18.0. The van der Waals surface area contributed by atoms with Crippen molar-refractivity contribution in [1.29, 1.82) is 0 Å². The standard InChI is InChI=1S/C22H26N4O6/c1-15-13-17(26(29)30)5-8-19(15)24-22(28)21(27)23-14-20(25-9-11-32-12-10-25)16-3-6-18(31-2)7-4-16/h3-8,13,20H,9-12,14H2,1-2H3,(H,23,27)(H,24,28). The Kier molecular flexibility index (Phi) is 7.74. The van der Waals surface area contributed by atoms with E-state index in [-0.39, 0.29) is 18.3 Å². The molecule has 170 valence electrons. The quantitative estimate of drug-likeness (QED) is 0.382. The summed E-state index contributed by atoms with van der Waals surface area (Å²) in [6, 6.07) is 11.5. The van der Waals surface area contributed by atoms with E-state index in [0.29, 0.717) is 37.6 Å². The second kappa shape index (κ2) is 10.7. The lowest BCUT2D eigenvalue weighted by Crippen LogP contribution is -2.45. The lowest BCUT2D eigenvalue weighted by Gasteiger charge is -2.35. The Balaban J connectivity index is 1.66. The molecule has 1 saturated heterocycles. The van der Waals surface area contributed by atoms with Crippen LogP contribution in [0.25, 0.3) is 0 Å². The minimum Gasteiger partial charge on any atom is -0.497 e. The van der Waals surface area contributed by atoms with Gasteiger partial charge in [-0.1, -0.05) is 12.1 Å². The molecule has 0 saturated carbocycles. The molecule has 2 aromatic carbocycles. The monoisotopic (exact) mass is 442 g/mol. The van der Waals surface area contributed by atoms with Crippen molar-refractivity contribution in [2.24, 2.45) is 0 Å². The molecule has 0 radical (unpaired) electrons. The van der Waals surface area contributed by atoms with Crippen molar-refractivity contribution in [1.82, 2.24) is 10.2 Å². The van der Waals surface area contributed by atoms with Crippen molar-refractivity contribution < 1.29 is 24.0 Å². The van der Waals surface area contributed by atoms with Gasteiger partial charge >= 0.3 is 11.8 Å². The molecule has 2 aromatic rings. The van der Waals surface area contributed by atoms with Crippen LogP contribution in [0.1, 0.15) is 17.2 Å². The SMILES string of the molecule is COc1ccc(C(CNC(=O)C(=O)Nc2ccc([N+](=O)[O-])cc2C)N2CCOCC2)cc1. The van der Waals surface area contributed by atoms with E-state index >= 15 is 0 Å². The van der Waals surface area contributed by atoms with Gasteiger partial charge in [0.2, 0.25) is 0 Å². The third-order valence-electron chi connectivity index (χ3n) is 5.32. The molecule has 0 bridgehead atoms. The van der Waals surface area contributed by atoms with Crippen molar-refractivity contribution in [3.63, 3.8) is 0 Å². The summed E-state index contributed by atoms with van der Waals surface area (Å²) in [7, 11) is 1.60. The summed E-state index contributed by atoms with van der Waals surface area (Å²) in [4.78, 5) is 37.4. The zero-order chi connectivity index (χ0) is 23.1. The van der Waals surface area contributed by atoms with Gasteiger partial charge in [-0.15, -0.1) is 0 Å². The summed E-state index contributed by atoms with van der Waals surface area (Å²) in [5.74, 6) is -0.886. The Labute approximate surface area is 185 Å². The largest absolute Gasteiger partial charge is 0.497 e. The van der Waals surface area contributed by atoms with Crippen LogP contribution < -0.4 is 15.4 Å².